The molecule has 0 amide bonds. The number of halogens is 3. The summed E-state index contributed by atoms with van der Waals surface area (Å²) in [5.74, 6) is 1.11. The highest BCUT2D eigenvalue weighted by Gasteiger charge is 2.47. The van der Waals surface area contributed by atoms with Gasteiger partial charge in [-0.3, -0.25) is 4.90 Å². The number of pyridine rings is 1. The minimum atomic E-state index is -4.57. The van der Waals surface area contributed by atoms with E-state index < -0.39 is 11.7 Å². The zero-order valence-corrected chi connectivity index (χ0v) is 23.2. The molecule has 214 valence electrons. The number of alkyl halides is 3. The van der Waals surface area contributed by atoms with Crippen molar-refractivity contribution in [1.82, 2.24) is 29.6 Å². The van der Waals surface area contributed by atoms with Crippen LogP contribution in [0.2, 0.25) is 0 Å². The fourth-order valence-corrected chi connectivity index (χ4v) is 6.37. The Morgan fingerprint density at radius 1 is 1.00 bits per heavy atom. The summed E-state index contributed by atoms with van der Waals surface area (Å²) in [5.41, 5.74) is 4.17. The summed E-state index contributed by atoms with van der Waals surface area (Å²) in [6.07, 6.45) is 2.69. The molecule has 8 rings (SSSR count). The number of aromatic nitrogens is 5. The average Bonchev–Trinajstić information content (AvgIpc) is 3.82. The molecule has 4 heterocycles. The summed E-state index contributed by atoms with van der Waals surface area (Å²) >= 11 is 0. The molecule has 0 bridgehead atoms. The number of aryl methyl sites for hydroxylation is 1. The number of benzene rings is 2. The lowest BCUT2D eigenvalue weighted by atomic mass is 9.97. The minimum absolute atomic E-state index is 0.0886. The molecule has 1 spiro atoms. The van der Waals surface area contributed by atoms with Crippen LogP contribution in [0.15, 0.2) is 59.3 Å². The lowest BCUT2D eigenvalue weighted by Gasteiger charge is -2.17. The minimum Gasteiger partial charge on any atom is -0.434 e. The second-order valence-electron chi connectivity index (χ2n) is 12.2. The standard InChI is InChI=1S/C32H29F3N6O/c1-40-18-36-39-29(40)23-5-3-2-4-22(23)21-14-25(20-6-7-20)37-27(15-21)30-38-26-13-19(12-24(28(26)42-30)32(33,34)35)16-41-11-10-31(17-41)8-9-31/h2-5,12-15,18,20H,6-11,16-17H2,1H3. The number of hydrogen-bond acceptors (Lipinski definition) is 6. The van der Waals surface area contributed by atoms with Gasteiger partial charge in [0, 0.05) is 37.3 Å². The maximum Gasteiger partial charge on any atom is 0.420 e. The fourth-order valence-electron chi connectivity index (χ4n) is 6.37. The van der Waals surface area contributed by atoms with Crippen LogP contribution in [-0.4, -0.2) is 42.7 Å². The third-order valence-corrected chi connectivity index (χ3v) is 8.99. The molecule has 42 heavy (non-hydrogen) atoms. The van der Waals surface area contributed by atoms with Crippen LogP contribution in [0.4, 0.5) is 13.2 Å². The molecule has 10 heteroatoms. The first-order valence-corrected chi connectivity index (χ1v) is 14.4. The van der Waals surface area contributed by atoms with Gasteiger partial charge in [0.15, 0.2) is 11.4 Å². The second kappa shape index (κ2) is 9.22. The van der Waals surface area contributed by atoms with E-state index in [0.717, 1.165) is 54.7 Å². The van der Waals surface area contributed by atoms with Crippen LogP contribution in [0, 0.1) is 5.41 Å². The van der Waals surface area contributed by atoms with Crippen molar-refractivity contribution in [3.8, 4) is 34.1 Å². The normalized spacial score (nSPS) is 18.4. The van der Waals surface area contributed by atoms with E-state index in [4.69, 9.17) is 9.40 Å². The van der Waals surface area contributed by atoms with E-state index in [0.29, 0.717) is 35.0 Å². The van der Waals surface area contributed by atoms with E-state index in [1.54, 1.807) is 12.4 Å². The first kappa shape index (κ1) is 25.6. The van der Waals surface area contributed by atoms with Gasteiger partial charge in [-0.15, -0.1) is 10.2 Å². The van der Waals surface area contributed by atoms with Crippen LogP contribution in [0.1, 0.15) is 54.8 Å². The van der Waals surface area contributed by atoms with Crippen molar-refractivity contribution in [2.75, 3.05) is 13.1 Å². The molecule has 1 aliphatic heterocycles. The third-order valence-electron chi connectivity index (χ3n) is 8.99. The van der Waals surface area contributed by atoms with Crippen molar-refractivity contribution in [2.45, 2.75) is 50.7 Å². The average molecular weight is 571 g/mol. The van der Waals surface area contributed by atoms with E-state index in [2.05, 4.69) is 26.1 Å². The fraction of sp³-hybridized carbons (Fsp3) is 0.375. The summed E-state index contributed by atoms with van der Waals surface area (Å²) in [6.45, 7) is 2.34. The molecule has 3 aliphatic rings. The first-order valence-electron chi connectivity index (χ1n) is 14.4. The van der Waals surface area contributed by atoms with Crippen molar-refractivity contribution in [1.29, 1.82) is 0 Å². The van der Waals surface area contributed by atoms with Crippen LogP contribution in [0.5, 0.6) is 0 Å². The van der Waals surface area contributed by atoms with E-state index in [1.165, 1.54) is 18.9 Å². The molecule has 1 saturated heterocycles. The molecule has 0 N–H and O–H groups in total. The van der Waals surface area contributed by atoms with Crippen LogP contribution in [-0.2, 0) is 19.8 Å². The van der Waals surface area contributed by atoms with Crippen molar-refractivity contribution in [3.05, 3.63) is 71.7 Å². The number of oxazole rings is 1. The molecule has 0 unspecified atom stereocenters. The molecule has 0 atom stereocenters. The topological polar surface area (TPSA) is 72.9 Å². The van der Waals surface area contributed by atoms with Crippen LogP contribution >= 0.6 is 0 Å². The Morgan fingerprint density at radius 3 is 2.50 bits per heavy atom. The molecular formula is C32H29F3N6O. The SMILES string of the molecule is Cn1cnnc1-c1ccccc1-c1cc(-c2nc3cc(CN4CCC5(CC5)C4)cc(C(F)(F)F)c3o2)nc(C2CC2)c1. The lowest BCUT2D eigenvalue weighted by molar-refractivity contribution is -0.136. The quantitative estimate of drug-likeness (QED) is 0.214. The van der Waals surface area contributed by atoms with Gasteiger partial charge in [0.05, 0.1) is 0 Å². The van der Waals surface area contributed by atoms with Gasteiger partial charge in [-0.2, -0.15) is 13.2 Å². The Kier molecular flexibility index (Phi) is 5.63. The molecule has 2 aliphatic carbocycles. The summed E-state index contributed by atoms with van der Waals surface area (Å²) < 4.78 is 50.7. The Morgan fingerprint density at radius 2 is 1.81 bits per heavy atom. The maximum absolute atomic E-state index is 14.3. The summed E-state index contributed by atoms with van der Waals surface area (Å²) in [5, 5.41) is 8.33. The predicted octanol–water partition coefficient (Wildman–Crippen LogP) is 7.23. The van der Waals surface area contributed by atoms with Gasteiger partial charge in [0.25, 0.3) is 0 Å². The largest absolute Gasteiger partial charge is 0.434 e. The maximum atomic E-state index is 14.3. The summed E-state index contributed by atoms with van der Waals surface area (Å²) in [7, 11) is 1.89. The van der Waals surface area contributed by atoms with Gasteiger partial charge in [-0.05, 0) is 85.0 Å². The van der Waals surface area contributed by atoms with Crippen molar-refractivity contribution < 1.29 is 17.6 Å². The molecule has 5 aromatic rings. The molecule has 3 fully saturated rings. The Labute approximate surface area is 240 Å². The number of rotatable bonds is 6. The van der Waals surface area contributed by atoms with Crippen molar-refractivity contribution >= 4 is 11.1 Å². The Balaban J connectivity index is 1.23. The highest BCUT2D eigenvalue weighted by Crippen LogP contribution is 2.53. The van der Waals surface area contributed by atoms with E-state index >= 15 is 0 Å². The first-order chi connectivity index (χ1) is 20.2. The van der Waals surface area contributed by atoms with Crippen LogP contribution in [0.25, 0.3) is 45.2 Å². The van der Waals surface area contributed by atoms with Gasteiger partial charge < -0.3 is 8.98 Å². The van der Waals surface area contributed by atoms with Crippen molar-refractivity contribution in [3.63, 3.8) is 0 Å². The monoisotopic (exact) mass is 570 g/mol. The second-order valence-corrected chi connectivity index (χ2v) is 12.2. The Hall–Kier alpha value is -4.05. The van der Waals surface area contributed by atoms with Gasteiger partial charge in [0.2, 0.25) is 5.89 Å². The van der Waals surface area contributed by atoms with Crippen LogP contribution in [0.3, 0.4) is 0 Å². The molecule has 2 aromatic carbocycles. The molecule has 7 nitrogen and oxygen atoms in total. The summed E-state index contributed by atoms with van der Waals surface area (Å²) in [4.78, 5) is 11.7. The van der Waals surface area contributed by atoms with Gasteiger partial charge in [-0.25, -0.2) is 9.97 Å². The van der Waals surface area contributed by atoms with Gasteiger partial charge in [-0.1, -0.05) is 24.3 Å². The lowest BCUT2D eigenvalue weighted by Crippen LogP contribution is -2.20. The Bertz CT molecular complexity index is 1830. The van der Waals surface area contributed by atoms with Crippen LogP contribution < -0.4 is 0 Å². The third kappa shape index (κ3) is 4.58. The smallest absolute Gasteiger partial charge is 0.420 e. The number of fused-ring (bicyclic) bond motifs is 1. The van der Waals surface area contributed by atoms with Gasteiger partial charge >= 0.3 is 6.18 Å². The molecule has 0 radical (unpaired) electrons. The van der Waals surface area contributed by atoms with E-state index in [1.807, 2.05) is 41.9 Å². The van der Waals surface area contributed by atoms with E-state index in [-0.39, 0.29) is 17.0 Å². The van der Waals surface area contributed by atoms with E-state index in [9.17, 15) is 13.2 Å². The number of likely N-dealkylation sites (tertiary alicyclic amines) is 1. The molecular weight excluding hydrogens is 541 g/mol. The molecule has 2 saturated carbocycles. The predicted molar refractivity (Wildman–Crippen MR) is 151 cm³/mol. The summed E-state index contributed by atoms with van der Waals surface area (Å²) in [6, 6.07) is 14.8. The van der Waals surface area contributed by atoms with Crippen molar-refractivity contribution in [2.24, 2.45) is 12.5 Å². The highest BCUT2D eigenvalue weighted by molar-refractivity contribution is 5.84. The zero-order chi connectivity index (χ0) is 28.6. The molecule has 3 aromatic heterocycles. The zero-order valence-electron chi connectivity index (χ0n) is 23.2. The van der Waals surface area contributed by atoms with Gasteiger partial charge in [0.1, 0.15) is 23.1 Å². The number of nitrogens with zero attached hydrogens (tertiary/aromatic N) is 6. The number of hydrogen-bond donors (Lipinski definition) is 0. The highest BCUT2D eigenvalue weighted by atomic mass is 19.4.